The minimum absolute atomic E-state index is 0.664. The highest BCUT2D eigenvalue weighted by molar-refractivity contribution is 6.48. The van der Waals surface area contributed by atoms with Gasteiger partial charge in [-0.05, 0) is 23.3 Å². The van der Waals surface area contributed by atoms with E-state index in [1.54, 1.807) is 0 Å². The molecule has 0 fully saturated rings. The molecule has 0 amide bonds. The Bertz CT molecular complexity index is 464. The van der Waals surface area contributed by atoms with Crippen LogP contribution in [0.15, 0.2) is 42.5 Å². The second-order valence-corrected chi connectivity index (χ2v) is 5.75. The number of hydrogen-bond acceptors (Lipinski definition) is 0. The molecule has 0 bridgehead atoms. The molecule has 0 aromatic heterocycles. The molecule has 0 unspecified atom stereocenters. The largest absolute Gasteiger partial charge is 0.119 e. The number of hydrogen-bond donors (Lipinski definition) is 0. The third-order valence-electron chi connectivity index (χ3n) is 2.38. The van der Waals surface area contributed by atoms with Crippen molar-refractivity contribution in [1.82, 2.24) is 0 Å². The van der Waals surface area contributed by atoms with Gasteiger partial charge in [0.15, 0.2) is 0 Å². The second kappa shape index (κ2) is 4.03. The van der Waals surface area contributed by atoms with E-state index in [1.807, 2.05) is 25.1 Å². The van der Waals surface area contributed by atoms with Crippen LogP contribution >= 0.6 is 23.2 Å². The Kier molecular flexibility index (Phi) is 2.90. The lowest BCUT2D eigenvalue weighted by molar-refractivity contribution is 0.859. The average molecular weight is 239 g/mol. The second-order valence-electron chi connectivity index (χ2n) is 3.89. The fourth-order valence-corrected chi connectivity index (χ4v) is 2.07. The molecule has 0 heterocycles. The lowest BCUT2D eigenvalue weighted by Crippen LogP contribution is -2.10. The van der Waals surface area contributed by atoms with E-state index in [0.29, 0.717) is 6.42 Å². The van der Waals surface area contributed by atoms with Crippen LogP contribution in [0.2, 0.25) is 0 Å². The van der Waals surface area contributed by atoms with Crippen molar-refractivity contribution in [3.8, 4) is 0 Å². The lowest BCUT2D eigenvalue weighted by atomic mass is 10.0. The number of benzene rings is 2. The number of alkyl halides is 2. The van der Waals surface area contributed by atoms with Gasteiger partial charge in [0.2, 0.25) is 0 Å². The van der Waals surface area contributed by atoms with Crippen LogP contribution in [-0.2, 0) is 6.42 Å². The Hall–Kier alpha value is -0.720. The summed E-state index contributed by atoms with van der Waals surface area (Å²) in [6, 6.07) is 14.5. The number of fused-ring (bicyclic) bond motifs is 1. The summed E-state index contributed by atoms with van der Waals surface area (Å²) in [5.41, 5.74) is 1.20. The Labute approximate surface area is 99.8 Å². The smallest absolute Gasteiger partial charge is 0.102 e. The van der Waals surface area contributed by atoms with Crippen molar-refractivity contribution in [3.05, 3.63) is 48.0 Å². The predicted molar refractivity (Wildman–Crippen MR) is 67.8 cm³/mol. The first kappa shape index (κ1) is 10.8. The molecule has 0 atom stereocenters. The van der Waals surface area contributed by atoms with Gasteiger partial charge in [0.1, 0.15) is 4.33 Å². The van der Waals surface area contributed by atoms with Crippen molar-refractivity contribution >= 4 is 34.0 Å². The number of rotatable bonds is 2. The molecule has 2 aromatic carbocycles. The molecule has 2 rings (SSSR count). The van der Waals surface area contributed by atoms with Crippen LogP contribution in [0, 0.1) is 0 Å². The van der Waals surface area contributed by atoms with E-state index in [9.17, 15) is 0 Å². The minimum atomic E-state index is -0.704. The van der Waals surface area contributed by atoms with Gasteiger partial charge in [0, 0.05) is 6.42 Å². The molecule has 0 aliphatic carbocycles. The van der Waals surface area contributed by atoms with E-state index in [2.05, 4.69) is 24.3 Å². The third kappa shape index (κ3) is 2.64. The summed E-state index contributed by atoms with van der Waals surface area (Å²) >= 11 is 12.1. The molecule has 0 saturated heterocycles. The van der Waals surface area contributed by atoms with Gasteiger partial charge < -0.3 is 0 Å². The first-order chi connectivity index (χ1) is 7.06. The fourth-order valence-electron chi connectivity index (χ4n) is 1.78. The number of halogens is 2. The van der Waals surface area contributed by atoms with Crippen molar-refractivity contribution in [1.29, 1.82) is 0 Å². The summed E-state index contributed by atoms with van der Waals surface area (Å²) in [7, 11) is 0. The molecule has 0 nitrogen and oxygen atoms in total. The Morgan fingerprint density at radius 1 is 1.00 bits per heavy atom. The molecule has 2 aromatic rings. The van der Waals surface area contributed by atoms with Crippen LogP contribution < -0.4 is 0 Å². The standard InChI is InChI=1S/C13H12Cl2/c1-13(14,15)9-11-7-4-6-10-5-2-3-8-12(10)11/h2-8H,9H2,1H3. The first-order valence-corrected chi connectivity index (χ1v) is 5.66. The predicted octanol–water partition coefficient (Wildman–Crippen LogP) is 4.58. The van der Waals surface area contributed by atoms with Crippen molar-refractivity contribution in [2.45, 2.75) is 17.7 Å². The Balaban J connectivity index is 2.52. The molecule has 0 spiro atoms. The summed E-state index contributed by atoms with van der Waals surface area (Å²) < 4.78 is -0.704. The zero-order valence-electron chi connectivity index (χ0n) is 8.50. The van der Waals surface area contributed by atoms with E-state index in [0.717, 1.165) is 0 Å². The summed E-state index contributed by atoms with van der Waals surface area (Å²) in [5.74, 6) is 0. The normalized spacial score (nSPS) is 11.9. The SMILES string of the molecule is CC(Cl)(Cl)Cc1cccc2ccccc12. The van der Waals surface area contributed by atoms with Gasteiger partial charge in [-0.3, -0.25) is 0 Å². The minimum Gasteiger partial charge on any atom is -0.102 e. The quantitative estimate of drug-likeness (QED) is 0.673. The van der Waals surface area contributed by atoms with Crippen LogP contribution in [-0.4, -0.2) is 4.33 Å². The summed E-state index contributed by atoms with van der Waals surface area (Å²) in [6.07, 6.45) is 0.664. The van der Waals surface area contributed by atoms with Gasteiger partial charge >= 0.3 is 0 Å². The highest BCUT2D eigenvalue weighted by atomic mass is 35.5. The molecule has 0 aliphatic rings. The van der Waals surface area contributed by atoms with Gasteiger partial charge in [-0.2, -0.15) is 0 Å². The fraction of sp³-hybridized carbons (Fsp3) is 0.231. The van der Waals surface area contributed by atoms with E-state index in [-0.39, 0.29) is 0 Å². The summed E-state index contributed by atoms with van der Waals surface area (Å²) in [6.45, 7) is 1.82. The van der Waals surface area contributed by atoms with Crippen LogP contribution in [0.4, 0.5) is 0 Å². The molecule has 15 heavy (non-hydrogen) atoms. The van der Waals surface area contributed by atoms with Crippen LogP contribution in [0.25, 0.3) is 10.8 Å². The van der Waals surface area contributed by atoms with Crippen LogP contribution in [0.1, 0.15) is 12.5 Å². The highest BCUT2D eigenvalue weighted by Gasteiger charge is 2.17. The molecule has 0 saturated carbocycles. The topological polar surface area (TPSA) is 0 Å². The van der Waals surface area contributed by atoms with Crippen molar-refractivity contribution in [3.63, 3.8) is 0 Å². The summed E-state index contributed by atoms with van der Waals surface area (Å²) in [4.78, 5) is 0. The van der Waals surface area contributed by atoms with Gasteiger partial charge in [-0.25, -0.2) is 0 Å². The van der Waals surface area contributed by atoms with Crippen LogP contribution in [0.5, 0.6) is 0 Å². The Morgan fingerprint density at radius 2 is 1.67 bits per heavy atom. The van der Waals surface area contributed by atoms with E-state index in [4.69, 9.17) is 23.2 Å². The third-order valence-corrected chi connectivity index (χ3v) is 2.65. The average Bonchev–Trinajstić information content (AvgIpc) is 2.16. The van der Waals surface area contributed by atoms with Gasteiger partial charge in [0.25, 0.3) is 0 Å². The van der Waals surface area contributed by atoms with Crippen LogP contribution in [0.3, 0.4) is 0 Å². The Morgan fingerprint density at radius 3 is 2.40 bits per heavy atom. The van der Waals surface area contributed by atoms with Crippen molar-refractivity contribution < 1.29 is 0 Å². The van der Waals surface area contributed by atoms with E-state index >= 15 is 0 Å². The maximum Gasteiger partial charge on any atom is 0.119 e. The molecular formula is C13H12Cl2. The molecule has 2 heteroatoms. The van der Waals surface area contributed by atoms with Gasteiger partial charge in [0.05, 0.1) is 0 Å². The van der Waals surface area contributed by atoms with E-state index in [1.165, 1.54) is 16.3 Å². The lowest BCUT2D eigenvalue weighted by Gasteiger charge is -2.14. The molecule has 0 N–H and O–H groups in total. The monoisotopic (exact) mass is 238 g/mol. The summed E-state index contributed by atoms with van der Waals surface area (Å²) in [5, 5.41) is 2.46. The molecule has 0 radical (unpaired) electrons. The molecule has 78 valence electrons. The van der Waals surface area contributed by atoms with E-state index < -0.39 is 4.33 Å². The van der Waals surface area contributed by atoms with Gasteiger partial charge in [-0.1, -0.05) is 42.5 Å². The molecular weight excluding hydrogens is 227 g/mol. The van der Waals surface area contributed by atoms with Crippen molar-refractivity contribution in [2.75, 3.05) is 0 Å². The maximum absolute atomic E-state index is 6.03. The first-order valence-electron chi connectivity index (χ1n) is 4.91. The highest BCUT2D eigenvalue weighted by Crippen LogP contribution is 2.28. The molecule has 0 aliphatic heterocycles. The van der Waals surface area contributed by atoms with Gasteiger partial charge in [-0.15, -0.1) is 23.2 Å². The van der Waals surface area contributed by atoms with Crippen molar-refractivity contribution in [2.24, 2.45) is 0 Å². The zero-order valence-corrected chi connectivity index (χ0v) is 10.0. The maximum atomic E-state index is 6.03. The zero-order chi connectivity index (χ0) is 10.9.